The Hall–Kier alpha value is -2.89. The van der Waals surface area contributed by atoms with E-state index in [0.29, 0.717) is 32.0 Å². The predicted octanol–water partition coefficient (Wildman–Crippen LogP) is 1.71. The molecule has 0 aromatic carbocycles. The van der Waals surface area contributed by atoms with E-state index in [9.17, 15) is 23.1 Å². The van der Waals surface area contributed by atoms with Crippen LogP contribution in [-0.2, 0) is 0 Å². The van der Waals surface area contributed by atoms with E-state index in [-0.39, 0.29) is 30.8 Å². The Balaban J connectivity index is 1.14. The second kappa shape index (κ2) is 7.61. The van der Waals surface area contributed by atoms with E-state index in [1.807, 2.05) is 11.0 Å². The van der Waals surface area contributed by atoms with Gasteiger partial charge < -0.3 is 19.8 Å². The molecule has 9 nitrogen and oxygen atoms in total. The summed E-state index contributed by atoms with van der Waals surface area (Å²) in [5, 5.41) is 16.6. The van der Waals surface area contributed by atoms with Crippen molar-refractivity contribution in [2.24, 2.45) is 0 Å². The molecule has 2 aromatic rings. The maximum atomic E-state index is 13.0. The van der Waals surface area contributed by atoms with Crippen molar-refractivity contribution in [2.45, 2.75) is 36.5 Å². The molecule has 0 spiro atoms. The normalized spacial score (nSPS) is 26.6. The number of H-pyrrole nitrogens is 1. The second-order valence-electron chi connectivity index (χ2n) is 8.84. The van der Waals surface area contributed by atoms with Crippen molar-refractivity contribution in [3.8, 4) is 0 Å². The summed E-state index contributed by atoms with van der Waals surface area (Å²) in [6, 6.07) is 3.54. The van der Waals surface area contributed by atoms with Crippen LogP contribution >= 0.6 is 0 Å². The fraction of sp³-hybridized carbons (Fsp3) is 0.600. The summed E-state index contributed by atoms with van der Waals surface area (Å²) in [7, 11) is 0. The number of amides is 2. The first-order chi connectivity index (χ1) is 15.2. The number of nitrogens with zero attached hydrogens (tertiary/aromatic N) is 6. The number of β-amino-alcohol motifs (C(OH)–C–C–N with tert-alkyl or cyclic N) is 1. The number of halogens is 3. The van der Waals surface area contributed by atoms with Crippen LogP contribution < -0.4 is 4.90 Å². The van der Waals surface area contributed by atoms with Crippen molar-refractivity contribution in [3.05, 3.63) is 36.0 Å². The van der Waals surface area contributed by atoms with Gasteiger partial charge in [0, 0.05) is 57.2 Å². The minimum atomic E-state index is -4.66. The number of carbonyl (C=O) groups excluding carboxylic acids is 1. The summed E-state index contributed by atoms with van der Waals surface area (Å²) < 4.78 is 39.1. The molecule has 2 aromatic heterocycles. The van der Waals surface area contributed by atoms with Crippen LogP contribution in [0.1, 0.15) is 36.1 Å². The van der Waals surface area contributed by atoms with Crippen LogP contribution in [0.4, 0.5) is 23.8 Å². The van der Waals surface area contributed by atoms with E-state index in [0.717, 1.165) is 17.8 Å². The van der Waals surface area contributed by atoms with E-state index in [1.54, 1.807) is 17.2 Å². The first-order valence-corrected chi connectivity index (χ1v) is 10.6. The van der Waals surface area contributed by atoms with E-state index in [2.05, 4.69) is 20.2 Å². The van der Waals surface area contributed by atoms with Crippen LogP contribution in [0.5, 0.6) is 0 Å². The van der Waals surface area contributed by atoms with Gasteiger partial charge in [-0.1, -0.05) is 6.07 Å². The smallest absolute Gasteiger partial charge is 0.379 e. The van der Waals surface area contributed by atoms with Crippen molar-refractivity contribution in [2.75, 3.05) is 44.2 Å². The summed E-state index contributed by atoms with van der Waals surface area (Å²) in [5.41, 5.74) is -1.74. The van der Waals surface area contributed by atoms with Crippen LogP contribution in [-0.4, -0.2) is 92.1 Å². The summed E-state index contributed by atoms with van der Waals surface area (Å²) in [4.78, 5) is 26.3. The summed E-state index contributed by atoms with van der Waals surface area (Å²) in [5.74, 6) is 1.55. The van der Waals surface area contributed by atoms with Gasteiger partial charge in [0.2, 0.25) is 0 Å². The number of nitrogens with one attached hydrogen (secondary N) is 1. The second-order valence-corrected chi connectivity index (χ2v) is 8.84. The molecule has 3 saturated heterocycles. The maximum Gasteiger partial charge on any atom is 0.418 e. The van der Waals surface area contributed by atoms with Gasteiger partial charge in [-0.2, -0.15) is 18.3 Å². The molecule has 0 aliphatic carbocycles. The molecule has 5 heterocycles. The molecule has 3 aliphatic rings. The average Bonchev–Trinajstić information content (AvgIpc) is 3.47. The highest BCUT2D eigenvalue weighted by Gasteiger charge is 2.57. The number of carbonyl (C=O) groups is 1. The van der Waals surface area contributed by atoms with Crippen molar-refractivity contribution < 1.29 is 23.1 Å². The highest BCUT2D eigenvalue weighted by atomic mass is 19.4. The van der Waals surface area contributed by atoms with E-state index < -0.39 is 18.3 Å². The molecular formula is C20H24F3N7O2. The van der Waals surface area contributed by atoms with Gasteiger partial charge in [-0.15, -0.1) is 0 Å². The molecular weight excluding hydrogens is 427 g/mol. The minimum Gasteiger partial charge on any atom is -0.379 e. The third-order valence-electron chi connectivity index (χ3n) is 6.77. The van der Waals surface area contributed by atoms with Gasteiger partial charge in [0.25, 0.3) is 0 Å². The monoisotopic (exact) mass is 451 g/mol. The van der Waals surface area contributed by atoms with Crippen LogP contribution in [0.2, 0.25) is 0 Å². The lowest BCUT2D eigenvalue weighted by Crippen LogP contribution is -2.53. The van der Waals surface area contributed by atoms with Gasteiger partial charge >= 0.3 is 12.2 Å². The van der Waals surface area contributed by atoms with Gasteiger partial charge in [-0.25, -0.2) is 14.8 Å². The van der Waals surface area contributed by atoms with E-state index >= 15 is 0 Å². The zero-order valence-corrected chi connectivity index (χ0v) is 17.3. The Kier molecular flexibility index (Phi) is 4.99. The SMILES string of the molecule is O=C(N1CC(c2ccc(N3CC[C@](O)(C(F)(F)F)C3)nc2)C1)N1CC[C@H](c2ncn[nH]2)C1. The van der Waals surface area contributed by atoms with Crippen LogP contribution in [0.25, 0.3) is 0 Å². The standard InChI is InChI=1S/C20H24F3N7O2/c21-20(22,23)19(32)4-6-29(11-19)16-2-1-13(7-24-16)15-9-30(10-15)18(31)28-5-3-14(8-28)17-25-12-26-27-17/h1-2,7,12,14-15,32H,3-6,8-11H2,(H,25,26,27)/t14-,19+/m0/s1. The predicted molar refractivity (Wildman–Crippen MR) is 107 cm³/mol. The number of aromatic amines is 1. The zero-order chi connectivity index (χ0) is 22.5. The van der Waals surface area contributed by atoms with Crippen molar-refractivity contribution in [3.63, 3.8) is 0 Å². The number of urea groups is 1. The summed E-state index contributed by atoms with van der Waals surface area (Å²) >= 11 is 0. The van der Waals surface area contributed by atoms with Crippen LogP contribution in [0.15, 0.2) is 24.7 Å². The van der Waals surface area contributed by atoms with Crippen LogP contribution in [0.3, 0.4) is 0 Å². The maximum absolute atomic E-state index is 13.0. The van der Waals surface area contributed by atoms with Crippen molar-refractivity contribution >= 4 is 11.8 Å². The Morgan fingerprint density at radius 1 is 1.12 bits per heavy atom. The molecule has 0 bridgehead atoms. The molecule has 3 fully saturated rings. The molecule has 0 radical (unpaired) electrons. The minimum absolute atomic E-state index is 0.0105. The van der Waals surface area contributed by atoms with E-state index in [4.69, 9.17) is 0 Å². The number of alkyl halides is 3. The Bertz CT molecular complexity index is 963. The summed E-state index contributed by atoms with van der Waals surface area (Å²) in [6.07, 6.45) is -1.05. The lowest BCUT2D eigenvalue weighted by Gasteiger charge is -2.41. The fourth-order valence-electron chi connectivity index (χ4n) is 4.66. The lowest BCUT2D eigenvalue weighted by atomic mass is 9.93. The molecule has 2 N–H and O–H groups in total. The molecule has 0 saturated carbocycles. The highest BCUT2D eigenvalue weighted by Crippen LogP contribution is 2.39. The largest absolute Gasteiger partial charge is 0.418 e. The number of rotatable bonds is 3. The first kappa shape index (κ1) is 21.0. The topological polar surface area (TPSA) is 101 Å². The number of anilines is 1. The first-order valence-electron chi connectivity index (χ1n) is 10.6. The quantitative estimate of drug-likeness (QED) is 0.737. The summed E-state index contributed by atoms with van der Waals surface area (Å²) in [6.45, 7) is 2.05. The van der Waals surface area contributed by atoms with Gasteiger partial charge in [0.15, 0.2) is 5.60 Å². The van der Waals surface area contributed by atoms with Crippen molar-refractivity contribution in [1.82, 2.24) is 30.0 Å². The highest BCUT2D eigenvalue weighted by molar-refractivity contribution is 5.76. The molecule has 12 heteroatoms. The number of hydrogen-bond donors (Lipinski definition) is 2. The molecule has 172 valence electrons. The average molecular weight is 451 g/mol. The third-order valence-corrected chi connectivity index (χ3v) is 6.77. The number of aliphatic hydroxyl groups is 1. The molecule has 32 heavy (non-hydrogen) atoms. The molecule has 2 amide bonds. The van der Waals surface area contributed by atoms with Gasteiger partial charge in [0.1, 0.15) is 18.0 Å². The molecule has 3 aliphatic heterocycles. The zero-order valence-electron chi connectivity index (χ0n) is 17.3. The molecule has 5 rings (SSSR count). The van der Waals surface area contributed by atoms with Gasteiger partial charge in [-0.05, 0) is 18.1 Å². The lowest BCUT2D eigenvalue weighted by molar-refractivity contribution is -0.250. The Labute approximate surface area is 182 Å². The number of hydrogen-bond acceptors (Lipinski definition) is 6. The number of likely N-dealkylation sites (tertiary alicyclic amines) is 2. The Morgan fingerprint density at radius 3 is 2.53 bits per heavy atom. The molecule has 0 unspecified atom stereocenters. The molecule has 2 atom stereocenters. The van der Waals surface area contributed by atoms with Crippen LogP contribution in [0, 0.1) is 0 Å². The van der Waals surface area contributed by atoms with Crippen molar-refractivity contribution in [1.29, 1.82) is 0 Å². The fourth-order valence-corrected chi connectivity index (χ4v) is 4.66. The number of aromatic nitrogens is 4. The Morgan fingerprint density at radius 2 is 1.91 bits per heavy atom. The van der Waals surface area contributed by atoms with E-state index in [1.165, 1.54) is 11.2 Å². The number of pyridine rings is 1. The van der Waals surface area contributed by atoms with Gasteiger partial charge in [-0.3, -0.25) is 5.10 Å². The van der Waals surface area contributed by atoms with Gasteiger partial charge in [0.05, 0.1) is 6.54 Å². The third kappa shape index (κ3) is 3.65.